The molecule has 5 nitrogen and oxygen atoms in total. The Morgan fingerprint density at radius 2 is 2.08 bits per heavy atom. The fraction of sp³-hybridized carbons (Fsp3) is 0.474. The first kappa shape index (κ1) is 17.1. The molecule has 0 spiro atoms. The molecular weight excluding hydrogens is 340 g/mol. The van der Waals surface area contributed by atoms with Gasteiger partial charge in [-0.15, -0.1) is 0 Å². The summed E-state index contributed by atoms with van der Waals surface area (Å²) >= 11 is 0. The van der Waals surface area contributed by atoms with Crippen molar-refractivity contribution in [3.8, 4) is 0 Å². The fourth-order valence-corrected chi connectivity index (χ4v) is 3.41. The highest BCUT2D eigenvalue weighted by Crippen LogP contribution is 2.28. The van der Waals surface area contributed by atoms with Crippen LogP contribution in [0.1, 0.15) is 53.4 Å². The summed E-state index contributed by atoms with van der Waals surface area (Å²) in [4.78, 5) is 14.2. The molecule has 1 unspecified atom stereocenters. The predicted octanol–water partition coefficient (Wildman–Crippen LogP) is 3.22. The highest BCUT2D eigenvalue weighted by atomic mass is 19.2. The zero-order chi connectivity index (χ0) is 18.1. The van der Waals surface area contributed by atoms with Crippen LogP contribution in [0.25, 0.3) is 0 Å². The van der Waals surface area contributed by atoms with Crippen LogP contribution in [0.5, 0.6) is 0 Å². The first-order valence-corrected chi connectivity index (χ1v) is 9.02. The first-order chi connectivity index (χ1) is 12.6. The average Bonchev–Trinajstić information content (AvgIpc) is 3.30. The van der Waals surface area contributed by atoms with E-state index in [9.17, 15) is 13.6 Å². The molecule has 1 aliphatic carbocycles. The molecule has 4 rings (SSSR count). The molecule has 1 saturated carbocycles. The van der Waals surface area contributed by atoms with E-state index in [1.54, 1.807) is 12.1 Å². The number of hydrogen-bond donors (Lipinski definition) is 1. The number of hydrogen-bond acceptors (Lipinski definition) is 4. The molecule has 2 fully saturated rings. The van der Waals surface area contributed by atoms with Crippen molar-refractivity contribution < 1.29 is 18.1 Å². The van der Waals surface area contributed by atoms with Crippen LogP contribution in [0.2, 0.25) is 0 Å². The van der Waals surface area contributed by atoms with E-state index in [-0.39, 0.29) is 23.6 Å². The van der Waals surface area contributed by atoms with Crippen LogP contribution in [-0.4, -0.2) is 35.1 Å². The Hall–Kier alpha value is -2.28. The van der Waals surface area contributed by atoms with Gasteiger partial charge in [-0.1, -0.05) is 11.2 Å². The molecule has 7 heteroatoms. The third-order valence-electron chi connectivity index (χ3n) is 4.98. The van der Waals surface area contributed by atoms with Crippen molar-refractivity contribution in [2.24, 2.45) is 0 Å². The summed E-state index contributed by atoms with van der Waals surface area (Å²) in [5.74, 6) is -1.44. The van der Waals surface area contributed by atoms with Crippen molar-refractivity contribution in [1.29, 1.82) is 0 Å². The molecule has 0 bridgehead atoms. The van der Waals surface area contributed by atoms with Crippen LogP contribution in [-0.2, 0) is 6.54 Å². The number of benzene rings is 1. The molecule has 26 heavy (non-hydrogen) atoms. The minimum absolute atomic E-state index is 0.167. The number of aromatic nitrogens is 1. The molecule has 1 aromatic carbocycles. The largest absolute Gasteiger partial charge is 0.351 e. The summed E-state index contributed by atoms with van der Waals surface area (Å²) in [5.41, 5.74) is 1.52. The zero-order valence-corrected chi connectivity index (χ0v) is 14.4. The molecule has 0 radical (unpaired) electrons. The number of amides is 1. The number of halogens is 2. The van der Waals surface area contributed by atoms with E-state index < -0.39 is 11.6 Å². The van der Waals surface area contributed by atoms with E-state index in [1.807, 2.05) is 0 Å². The third-order valence-corrected chi connectivity index (χ3v) is 4.98. The lowest BCUT2D eigenvalue weighted by molar-refractivity contribution is 0.0913. The van der Waals surface area contributed by atoms with Gasteiger partial charge < -0.3 is 9.84 Å². The number of nitrogens with zero attached hydrogens (tertiary/aromatic N) is 2. The average molecular weight is 361 g/mol. The zero-order valence-electron chi connectivity index (χ0n) is 14.4. The van der Waals surface area contributed by atoms with E-state index in [2.05, 4.69) is 15.4 Å². The maximum absolute atomic E-state index is 13.4. The second kappa shape index (κ2) is 7.15. The Morgan fingerprint density at radius 3 is 2.85 bits per heavy atom. The highest BCUT2D eigenvalue weighted by Gasteiger charge is 2.28. The second-order valence-corrected chi connectivity index (χ2v) is 7.19. The van der Waals surface area contributed by atoms with Crippen LogP contribution < -0.4 is 5.32 Å². The molecular formula is C19H21F2N3O2. The molecule has 1 aliphatic heterocycles. The lowest BCUT2D eigenvalue weighted by Gasteiger charge is -2.31. The van der Waals surface area contributed by atoms with Crippen molar-refractivity contribution in [2.75, 3.05) is 13.1 Å². The van der Waals surface area contributed by atoms with Crippen LogP contribution in [0.15, 0.2) is 28.8 Å². The number of piperidine rings is 1. The summed E-state index contributed by atoms with van der Waals surface area (Å²) in [6, 6.07) is 6.02. The van der Waals surface area contributed by atoms with Gasteiger partial charge in [0.05, 0.1) is 5.69 Å². The van der Waals surface area contributed by atoms with Gasteiger partial charge in [-0.05, 0) is 49.9 Å². The number of likely N-dealkylation sites (tertiary alicyclic amines) is 1. The van der Waals surface area contributed by atoms with E-state index in [4.69, 9.17) is 4.52 Å². The Kier molecular flexibility index (Phi) is 4.72. The fourth-order valence-electron chi connectivity index (χ4n) is 3.41. The summed E-state index contributed by atoms with van der Waals surface area (Å²) in [7, 11) is 0. The van der Waals surface area contributed by atoms with Crippen molar-refractivity contribution in [2.45, 2.75) is 44.2 Å². The summed E-state index contributed by atoms with van der Waals surface area (Å²) in [5, 5.41) is 6.97. The Balaban J connectivity index is 1.39. The number of nitrogens with one attached hydrogen (secondary N) is 1. The van der Waals surface area contributed by atoms with Gasteiger partial charge in [-0.2, -0.15) is 0 Å². The van der Waals surface area contributed by atoms with Crippen molar-refractivity contribution >= 4 is 5.91 Å². The van der Waals surface area contributed by atoms with Gasteiger partial charge in [0, 0.05) is 31.1 Å². The lowest BCUT2D eigenvalue weighted by atomic mass is 9.94. The topological polar surface area (TPSA) is 58.4 Å². The van der Waals surface area contributed by atoms with Crippen LogP contribution >= 0.6 is 0 Å². The van der Waals surface area contributed by atoms with E-state index in [0.29, 0.717) is 6.54 Å². The minimum atomic E-state index is -0.829. The maximum Gasteiger partial charge on any atom is 0.290 e. The van der Waals surface area contributed by atoms with Crippen molar-refractivity contribution in [3.63, 3.8) is 0 Å². The van der Waals surface area contributed by atoms with Crippen molar-refractivity contribution in [3.05, 3.63) is 52.9 Å². The van der Waals surface area contributed by atoms with Crippen LogP contribution in [0.3, 0.4) is 0 Å². The lowest BCUT2D eigenvalue weighted by Crippen LogP contribution is -2.34. The summed E-state index contributed by atoms with van der Waals surface area (Å²) in [6.07, 6.45) is 3.98. The monoisotopic (exact) mass is 361 g/mol. The van der Waals surface area contributed by atoms with Crippen molar-refractivity contribution in [1.82, 2.24) is 15.4 Å². The first-order valence-electron chi connectivity index (χ1n) is 9.02. The van der Waals surface area contributed by atoms with Gasteiger partial charge in [0.1, 0.15) is 0 Å². The number of rotatable bonds is 5. The quantitative estimate of drug-likeness (QED) is 0.888. The van der Waals surface area contributed by atoms with Gasteiger partial charge >= 0.3 is 0 Å². The van der Waals surface area contributed by atoms with E-state index >= 15 is 0 Å². The molecule has 2 heterocycles. The van der Waals surface area contributed by atoms with Gasteiger partial charge in [0.2, 0.25) is 5.76 Å². The summed E-state index contributed by atoms with van der Waals surface area (Å²) in [6.45, 7) is 2.19. The summed E-state index contributed by atoms with van der Waals surface area (Å²) < 4.78 is 31.7. The molecule has 1 amide bonds. The Bertz CT molecular complexity index is 804. The molecule has 1 N–H and O–H groups in total. The molecule has 1 aromatic heterocycles. The highest BCUT2D eigenvalue weighted by molar-refractivity contribution is 5.91. The Labute approximate surface area is 150 Å². The van der Waals surface area contributed by atoms with Crippen LogP contribution in [0.4, 0.5) is 8.78 Å². The van der Waals surface area contributed by atoms with E-state index in [0.717, 1.165) is 56.1 Å². The Morgan fingerprint density at radius 1 is 1.23 bits per heavy atom. The molecule has 138 valence electrons. The standard InChI is InChI=1S/C19H21F2N3O2/c20-15-6-3-12(8-16(15)21)10-24-7-1-2-13(11-24)17-9-18(26-23-17)19(25)22-14-4-5-14/h3,6,8-9,13-14H,1-2,4-5,7,10-11H2,(H,22,25). The third kappa shape index (κ3) is 3.93. The van der Waals surface area contributed by atoms with Gasteiger partial charge in [0.25, 0.3) is 5.91 Å². The van der Waals surface area contributed by atoms with Gasteiger partial charge in [-0.25, -0.2) is 8.78 Å². The number of carbonyl (C=O) groups excluding carboxylic acids is 1. The predicted molar refractivity (Wildman–Crippen MR) is 90.6 cm³/mol. The molecule has 2 aliphatic rings. The van der Waals surface area contributed by atoms with Crippen LogP contribution in [0, 0.1) is 11.6 Å². The minimum Gasteiger partial charge on any atom is -0.351 e. The maximum atomic E-state index is 13.4. The molecule has 1 atom stereocenters. The van der Waals surface area contributed by atoms with E-state index in [1.165, 1.54) is 6.07 Å². The molecule has 2 aromatic rings. The number of carbonyl (C=O) groups is 1. The second-order valence-electron chi connectivity index (χ2n) is 7.19. The SMILES string of the molecule is O=C(NC1CC1)c1cc(C2CCCN(Cc3ccc(F)c(F)c3)C2)no1. The normalized spacial score (nSPS) is 20.9. The van der Waals surface area contributed by atoms with Gasteiger partial charge in [-0.3, -0.25) is 9.69 Å². The smallest absolute Gasteiger partial charge is 0.290 e. The molecule has 1 saturated heterocycles. The van der Waals surface area contributed by atoms with Gasteiger partial charge in [0.15, 0.2) is 11.6 Å².